The molecule has 0 aliphatic rings. The van der Waals surface area contributed by atoms with Gasteiger partial charge in [-0.05, 0) is 18.6 Å². The molecular weight excluding hydrogens is 274 g/mol. The summed E-state index contributed by atoms with van der Waals surface area (Å²) in [6, 6.07) is 7.52. The molecule has 2 aromatic rings. The molecule has 0 saturated heterocycles. The summed E-state index contributed by atoms with van der Waals surface area (Å²) in [7, 11) is 0. The van der Waals surface area contributed by atoms with E-state index >= 15 is 0 Å². The van der Waals surface area contributed by atoms with Gasteiger partial charge in [0.1, 0.15) is 5.01 Å². The Hall–Kier alpha value is -1.92. The van der Waals surface area contributed by atoms with Crippen LogP contribution in [0.3, 0.4) is 0 Å². The van der Waals surface area contributed by atoms with Crippen LogP contribution in [0.1, 0.15) is 12.1 Å². The molecule has 6 heteroatoms. The average molecular weight is 291 g/mol. The molecule has 0 fully saturated rings. The van der Waals surface area contributed by atoms with Gasteiger partial charge in [-0.1, -0.05) is 12.1 Å². The lowest BCUT2D eigenvalue weighted by atomic mass is 10.2. The van der Waals surface area contributed by atoms with Crippen LogP contribution >= 0.6 is 11.3 Å². The van der Waals surface area contributed by atoms with E-state index in [1.165, 1.54) is 11.3 Å². The van der Waals surface area contributed by atoms with Crippen LogP contribution in [0.25, 0.3) is 10.6 Å². The molecule has 0 unspecified atom stereocenters. The van der Waals surface area contributed by atoms with Crippen LogP contribution in [-0.4, -0.2) is 29.1 Å². The fraction of sp³-hybridized carbons (Fsp3) is 0.286. The zero-order valence-electron chi connectivity index (χ0n) is 11.0. The number of nitrogen functional groups attached to an aromatic ring is 1. The number of anilines is 1. The third-order valence-corrected chi connectivity index (χ3v) is 3.62. The number of amides is 1. The number of nitrogens with two attached hydrogens (primary N) is 1. The molecule has 1 aromatic carbocycles. The van der Waals surface area contributed by atoms with Gasteiger partial charge in [-0.3, -0.25) is 4.79 Å². The van der Waals surface area contributed by atoms with Crippen molar-refractivity contribution in [3.63, 3.8) is 0 Å². The number of aliphatic hydroxyl groups excluding tert-OH is 1. The summed E-state index contributed by atoms with van der Waals surface area (Å²) < 4.78 is 0. The Bertz CT molecular complexity index is 583. The number of carbonyl (C=O) groups excluding carboxylic acids is 1. The summed E-state index contributed by atoms with van der Waals surface area (Å²) in [6.45, 7) is 0.568. The predicted octanol–water partition coefficient (Wildman–Crippen LogP) is 1.43. The van der Waals surface area contributed by atoms with Gasteiger partial charge in [0.05, 0.1) is 12.1 Å². The van der Waals surface area contributed by atoms with Crippen LogP contribution in [0.2, 0.25) is 0 Å². The number of nitrogens with one attached hydrogen (secondary N) is 1. The van der Waals surface area contributed by atoms with Crippen molar-refractivity contribution in [1.82, 2.24) is 10.3 Å². The highest BCUT2D eigenvalue weighted by Crippen LogP contribution is 2.25. The normalized spacial score (nSPS) is 10.4. The molecule has 0 bridgehead atoms. The fourth-order valence-corrected chi connectivity index (χ4v) is 2.54. The Morgan fingerprint density at radius 2 is 2.30 bits per heavy atom. The molecule has 5 nitrogen and oxygen atoms in total. The van der Waals surface area contributed by atoms with Gasteiger partial charge in [0.2, 0.25) is 5.91 Å². The van der Waals surface area contributed by atoms with Gasteiger partial charge < -0.3 is 16.2 Å². The Balaban J connectivity index is 1.97. The average Bonchev–Trinajstić information content (AvgIpc) is 2.87. The van der Waals surface area contributed by atoms with Crippen molar-refractivity contribution in [1.29, 1.82) is 0 Å². The third-order valence-electron chi connectivity index (χ3n) is 2.68. The number of aromatic nitrogens is 1. The van der Waals surface area contributed by atoms with Gasteiger partial charge in [0.25, 0.3) is 0 Å². The molecule has 20 heavy (non-hydrogen) atoms. The standard InChI is InChI=1S/C14H17N3O2S/c15-11-4-1-3-10(7-11)14-17-12(9-20-14)8-13(19)16-5-2-6-18/h1,3-4,7,9,18H,2,5-6,8,15H2,(H,16,19). The second kappa shape index (κ2) is 7.02. The first kappa shape index (κ1) is 14.5. The maximum atomic E-state index is 11.6. The van der Waals surface area contributed by atoms with Crippen molar-refractivity contribution in [2.75, 3.05) is 18.9 Å². The summed E-state index contributed by atoms with van der Waals surface area (Å²) >= 11 is 1.50. The number of carbonyl (C=O) groups is 1. The smallest absolute Gasteiger partial charge is 0.226 e. The Morgan fingerprint density at radius 1 is 1.45 bits per heavy atom. The molecule has 0 saturated carbocycles. The van der Waals surface area contributed by atoms with Crippen molar-refractivity contribution in [3.05, 3.63) is 35.3 Å². The molecule has 0 atom stereocenters. The van der Waals surface area contributed by atoms with E-state index in [2.05, 4.69) is 10.3 Å². The van der Waals surface area contributed by atoms with E-state index in [4.69, 9.17) is 10.8 Å². The van der Waals surface area contributed by atoms with Crippen LogP contribution < -0.4 is 11.1 Å². The maximum Gasteiger partial charge on any atom is 0.226 e. The Labute approximate surface area is 121 Å². The topological polar surface area (TPSA) is 88.2 Å². The molecule has 1 amide bonds. The van der Waals surface area contributed by atoms with Crippen molar-refractivity contribution in [2.24, 2.45) is 0 Å². The van der Waals surface area contributed by atoms with Gasteiger partial charge in [0, 0.05) is 29.8 Å². The minimum absolute atomic E-state index is 0.0799. The zero-order chi connectivity index (χ0) is 14.4. The molecule has 0 aliphatic carbocycles. The largest absolute Gasteiger partial charge is 0.399 e. The lowest BCUT2D eigenvalue weighted by Gasteiger charge is -2.01. The van der Waals surface area contributed by atoms with Crippen LogP contribution in [0.15, 0.2) is 29.6 Å². The molecule has 0 radical (unpaired) electrons. The minimum Gasteiger partial charge on any atom is -0.399 e. The Morgan fingerprint density at radius 3 is 3.05 bits per heavy atom. The second-order valence-corrected chi connectivity index (χ2v) is 5.23. The lowest BCUT2D eigenvalue weighted by Crippen LogP contribution is -2.26. The van der Waals surface area contributed by atoms with Gasteiger partial charge in [-0.2, -0.15) is 0 Å². The number of rotatable bonds is 6. The molecule has 1 aromatic heterocycles. The van der Waals surface area contributed by atoms with Crippen LogP contribution in [-0.2, 0) is 11.2 Å². The summed E-state index contributed by atoms with van der Waals surface area (Å²) in [5.41, 5.74) is 8.14. The second-order valence-electron chi connectivity index (χ2n) is 4.37. The third kappa shape index (κ3) is 4.04. The number of hydrogen-bond donors (Lipinski definition) is 3. The van der Waals surface area contributed by atoms with E-state index in [1.54, 1.807) is 0 Å². The van der Waals surface area contributed by atoms with E-state index in [9.17, 15) is 4.79 Å². The van der Waals surface area contributed by atoms with Crippen molar-refractivity contribution in [2.45, 2.75) is 12.8 Å². The first-order valence-electron chi connectivity index (χ1n) is 6.37. The quantitative estimate of drug-likeness (QED) is 0.555. The fourth-order valence-electron chi connectivity index (χ4n) is 1.73. The molecule has 106 valence electrons. The highest BCUT2D eigenvalue weighted by molar-refractivity contribution is 7.13. The lowest BCUT2D eigenvalue weighted by molar-refractivity contribution is -0.120. The van der Waals surface area contributed by atoms with E-state index in [-0.39, 0.29) is 18.9 Å². The molecular formula is C14H17N3O2S. The number of aliphatic hydroxyl groups is 1. The van der Waals surface area contributed by atoms with Crippen molar-refractivity contribution < 1.29 is 9.90 Å². The van der Waals surface area contributed by atoms with Gasteiger partial charge in [-0.25, -0.2) is 4.98 Å². The number of thiazole rings is 1. The molecule has 2 rings (SSSR count). The van der Waals surface area contributed by atoms with E-state index in [0.717, 1.165) is 16.3 Å². The van der Waals surface area contributed by atoms with Crippen LogP contribution in [0.5, 0.6) is 0 Å². The van der Waals surface area contributed by atoms with Gasteiger partial charge in [-0.15, -0.1) is 11.3 Å². The van der Waals surface area contributed by atoms with E-state index < -0.39 is 0 Å². The predicted molar refractivity (Wildman–Crippen MR) is 80.4 cm³/mol. The summed E-state index contributed by atoms with van der Waals surface area (Å²) in [6.07, 6.45) is 0.821. The van der Waals surface area contributed by atoms with Crippen molar-refractivity contribution in [3.8, 4) is 10.6 Å². The van der Waals surface area contributed by atoms with E-state index in [0.29, 0.717) is 18.7 Å². The van der Waals surface area contributed by atoms with Crippen LogP contribution in [0.4, 0.5) is 5.69 Å². The van der Waals surface area contributed by atoms with Crippen LogP contribution in [0, 0.1) is 0 Å². The molecule has 0 aliphatic heterocycles. The zero-order valence-corrected chi connectivity index (χ0v) is 11.8. The van der Waals surface area contributed by atoms with Gasteiger partial charge in [0.15, 0.2) is 0 Å². The first-order chi connectivity index (χ1) is 9.69. The molecule has 0 spiro atoms. The number of benzene rings is 1. The summed E-state index contributed by atoms with van der Waals surface area (Å²) in [5, 5.41) is 14.1. The van der Waals surface area contributed by atoms with E-state index in [1.807, 2.05) is 29.6 Å². The molecule has 4 N–H and O–H groups in total. The highest BCUT2D eigenvalue weighted by Gasteiger charge is 2.08. The first-order valence-corrected chi connectivity index (χ1v) is 7.25. The molecule has 1 heterocycles. The summed E-state index contributed by atoms with van der Waals surface area (Å²) in [4.78, 5) is 16.1. The Kier molecular flexibility index (Phi) is 5.09. The van der Waals surface area contributed by atoms with Gasteiger partial charge >= 0.3 is 0 Å². The minimum atomic E-state index is -0.0807. The maximum absolute atomic E-state index is 11.6. The summed E-state index contributed by atoms with van der Waals surface area (Å²) in [5.74, 6) is -0.0807. The monoisotopic (exact) mass is 291 g/mol. The number of hydrogen-bond acceptors (Lipinski definition) is 5. The number of nitrogens with zero attached hydrogens (tertiary/aromatic N) is 1. The highest BCUT2D eigenvalue weighted by atomic mass is 32.1. The SMILES string of the molecule is Nc1cccc(-c2nc(CC(=O)NCCCO)cs2)c1. The van der Waals surface area contributed by atoms with Crippen molar-refractivity contribution >= 4 is 22.9 Å².